The third kappa shape index (κ3) is 5.88. The molecule has 116 valence electrons. The molecular formula is C14H24O6. The zero-order valence-corrected chi connectivity index (χ0v) is 12.4. The Hall–Kier alpha value is -1.14. The van der Waals surface area contributed by atoms with Crippen molar-refractivity contribution in [2.24, 2.45) is 5.92 Å². The van der Waals surface area contributed by atoms with Gasteiger partial charge in [-0.3, -0.25) is 9.59 Å². The third-order valence-corrected chi connectivity index (χ3v) is 3.38. The van der Waals surface area contributed by atoms with Gasteiger partial charge in [0.2, 0.25) is 0 Å². The van der Waals surface area contributed by atoms with E-state index in [4.69, 9.17) is 18.9 Å². The van der Waals surface area contributed by atoms with Gasteiger partial charge in [0.15, 0.2) is 12.4 Å². The molecular weight excluding hydrogens is 264 g/mol. The lowest BCUT2D eigenvalue weighted by atomic mass is 9.90. The van der Waals surface area contributed by atoms with Gasteiger partial charge in [-0.25, -0.2) is 0 Å². The summed E-state index contributed by atoms with van der Waals surface area (Å²) in [6.45, 7) is 1.84. The van der Waals surface area contributed by atoms with Gasteiger partial charge in [-0.15, -0.1) is 0 Å². The van der Waals surface area contributed by atoms with Crippen LogP contribution in [0.3, 0.4) is 0 Å². The minimum Gasteiger partial charge on any atom is -0.466 e. The summed E-state index contributed by atoms with van der Waals surface area (Å²) in [5, 5.41) is 0. The molecule has 6 heteroatoms. The minimum absolute atomic E-state index is 0.203. The van der Waals surface area contributed by atoms with Crippen molar-refractivity contribution in [2.75, 3.05) is 20.8 Å². The van der Waals surface area contributed by atoms with Gasteiger partial charge in [0.05, 0.1) is 6.61 Å². The molecule has 2 unspecified atom stereocenters. The van der Waals surface area contributed by atoms with Gasteiger partial charge in [0, 0.05) is 27.6 Å². The molecule has 1 fully saturated rings. The van der Waals surface area contributed by atoms with Crippen LogP contribution in [-0.4, -0.2) is 45.2 Å². The number of unbranched alkanes of at least 4 members (excludes halogenated alkanes) is 1. The van der Waals surface area contributed by atoms with Crippen molar-refractivity contribution in [3.8, 4) is 0 Å². The average molecular weight is 288 g/mol. The SMILES string of the molecule is COC(OC)C1CC(CCCCOC(C)=O)CC(=O)O1. The Labute approximate surface area is 119 Å². The van der Waals surface area contributed by atoms with Crippen molar-refractivity contribution in [1.82, 2.24) is 0 Å². The summed E-state index contributed by atoms with van der Waals surface area (Å²) in [5.74, 6) is -0.189. The summed E-state index contributed by atoms with van der Waals surface area (Å²) in [5.41, 5.74) is 0. The molecule has 2 atom stereocenters. The van der Waals surface area contributed by atoms with Gasteiger partial charge in [0.25, 0.3) is 0 Å². The summed E-state index contributed by atoms with van der Waals surface area (Å²) in [6.07, 6.45) is 2.96. The topological polar surface area (TPSA) is 71.1 Å². The summed E-state index contributed by atoms with van der Waals surface area (Å²) >= 11 is 0. The van der Waals surface area contributed by atoms with E-state index in [0.717, 1.165) is 25.7 Å². The Morgan fingerprint density at radius 3 is 2.65 bits per heavy atom. The van der Waals surface area contributed by atoms with Crippen molar-refractivity contribution in [1.29, 1.82) is 0 Å². The molecule has 1 rings (SSSR count). The molecule has 0 N–H and O–H groups in total. The summed E-state index contributed by atoms with van der Waals surface area (Å²) in [4.78, 5) is 22.2. The van der Waals surface area contributed by atoms with E-state index in [-0.39, 0.29) is 24.0 Å². The van der Waals surface area contributed by atoms with Crippen LogP contribution in [0.15, 0.2) is 0 Å². The molecule has 0 spiro atoms. The second-order valence-corrected chi connectivity index (χ2v) is 5.01. The molecule has 0 saturated carbocycles. The number of methoxy groups -OCH3 is 2. The number of carbonyl (C=O) groups is 2. The van der Waals surface area contributed by atoms with Crippen molar-refractivity contribution < 1.29 is 28.5 Å². The van der Waals surface area contributed by atoms with Crippen LogP contribution in [0.1, 0.15) is 39.0 Å². The molecule has 0 aliphatic carbocycles. The van der Waals surface area contributed by atoms with Crippen LogP contribution in [0.5, 0.6) is 0 Å². The first-order chi connectivity index (χ1) is 9.56. The number of ether oxygens (including phenoxy) is 4. The fourth-order valence-corrected chi connectivity index (χ4v) is 2.45. The molecule has 0 aromatic carbocycles. The zero-order chi connectivity index (χ0) is 15.0. The molecule has 20 heavy (non-hydrogen) atoms. The van der Waals surface area contributed by atoms with E-state index in [2.05, 4.69) is 0 Å². The number of carbonyl (C=O) groups excluding carboxylic acids is 2. The Balaban J connectivity index is 2.30. The maximum absolute atomic E-state index is 11.6. The molecule has 0 amide bonds. The van der Waals surface area contributed by atoms with Gasteiger partial charge < -0.3 is 18.9 Å². The Bertz CT molecular complexity index is 313. The number of rotatable bonds is 8. The van der Waals surface area contributed by atoms with Gasteiger partial charge in [-0.2, -0.15) is 0 Å². The Morgan fingerprint density at radius 1 is 1.35 bits per heavy atom. The largest absolute Gasteiger partial charge is 0.466 e. The van der Waals surface area contributed by atoms with Crippen molar-refractivity contribution in [2.45, 2.75) is 51.4 Å². The lowest BCUT2D eigenvalue weighted by Gasteiger charge is -2.32. The van der Waals surface area contributed by atoms with Crippen LogP contribution < -0.4 is 0 Å². The molecule has 1 aliphatic heterocycles. The van der Waals surface area contributed by atoms with Crippen LogP contribution in [0, 0.1) is 5.92 Å². The third-order valence-electron chi connectivity index (χ3n) is 3.38. The fraction of sp³-hybridized carbons (Fsp3) is 0.857. The molecule has 0 aromatic rings. The van der Waals surface area contributed by atoms with Gasteiger partial charge in [-0.05, 0) is 31.6 Å². The first-order valence-electron chi connectivity index (χ1n) is 6.95. The van der Waals surface area contributed by atoms with Crippen molar-refractivity contribution >= 4 is 11.9 Å². The maximum atomic E-state index is 11.6. The molecule has 6 nitrogen and oxygen atoms in total. The summed E-state index contributed by atoms with van der Waals surface area (Å²) in [6, 6.07) is 0. The van der Waals surface area contributed by atoms with E-state index >= 15 is 0 Å². The highest BCUT2D eigenvalue weighted by Gasteiger charge is 2.33. The number of hydrogen-bond donors (Lipinski definition) is 0. The van der Waals surface area contributed by atoms with Crippen molar-refractivity contribution in [3.63, 3.8) is 0 Å². The minimum atomic E-state index is -0.511. The van der Waals surface area contributed by atoms with Crippen LogP contribution >= 0.6 is 0 Å². The summed E-state index contributed by atoms with van der Waals surface area (Å²) in [7, 11) is 3.06. The predicted molar refractivity (Wildman–Crippen MR) is 70.9 cm³/mol. The van der Waals surface area contributed by atoms with E-state index in [0.29, 0.717) is 13.0 Å². The van der Waals surface area contributed by atoms with Crippen LogP contribution in [0.2, 0.25) is 0 Å². The number of hydrogen-bond acceptors (Lipinski definition) is 6. The molecule has 1 saturated heterocycles. The highest BCUT2D eigenvalue weighted by Crippen LogP contribution is 2.28. The predicted octanol–water partition coefficient (Wildman–Crippen LogP) is 1.66. The second-order valence-electron chi connectivity index (χ2n) is 5.01. The van der Waals surface area contributed by atoms with Gasteiger partial charge in [0.1, 0.15) is 0 Å². The smallest absolute Gasteiger partial charge is 0.306 e. The fourth-order valence-electron chi connectivity index (χ4n) is 2.45. The quantitative estimate of drug-likeness (QED) is 0.384. The lowest BCUT2D eigenvalue weighted by molar-refractivity contribution is -0.203. The number of cyclic esters (lactones) is 1. The van der Waals surface area contributed by atoms with Crippen LogP contribution in [0.25, 0.3) is 0 Å². The molecule has 0 bridgehead atoms. The Kier molecular flexibility index (Phi) is 7.54. The average Bonchev–Trinajstić information content (AvgIpc) is 2.39. The van der Waals surface area contributed by atoms with E-state index in [1.807, 2.05) is 0 Å². The second kappa shape index (κ2) is 8.92. The highest BCUT2D eigenvalue weighted by atomic mass is 16.7. The molecule has 0 radical (unpaired) electrons. The van der Waals surface area contributed by atoms with E-state index in [1.165, 1.54) is 21.1 Å². The first kappa shape index (κ1) is 16.9. The number of esters is 2. The normalized spacial score (nSPS) is 22.7. The monoisotopic (exact) mass is 288 g/mol. The standard InChI is InChI=1S/C14H24O6/c1-10(15)19-7-5-4-6-11-8-12(14(17-2)18-3)20-13(16)9-11/h11-12,14H,4-9H2,1-3H3. The van der Waals surface area contributed by atoms with Crippen molar-refractivity contribution in [3.05, 3.63) is 0 Å². The Morgan fingerprint density at radius 2 is 2.05 bits per heavy atom. The van der Waals surface area contributed by atoms with Gasteiger partial charge in [-0.1, -0.05) is 0 Å². The van der Waals surface area contributed by atoms with Crippen LogP contribution in [0.4, 0.5) is 0 Å². The van der Waals surface area contributed by atoms with E-state index < -0.39 is 6.29 Å². The lowest BCUT2D eigenvalue weighted by Crippen LogP contribution is -2.40. The zero-order valence-electron chi connectivity index (χ0n) is 12.4. The maximum Gasteiger partial charge on any atom is 0.306 e. The van der Waals surface area contributed by atoms with Crippen LogP contribution in [-0.2, 0) is 28.5 Å². The molecule has 1 aliphatic rings. The first-order valence-corrected chi connectivity index (χ1v) is 6.95. The van der Waals surface area contributed by atoms with E-state index in [1.54, 1.807) is 0 Å². The van der Waals surface area contributed by atoms with E-state index in [9.17, 15) is 9.59 Å². The molecule has 1 heterocycles. The highest BCUT2D eigenvalue weighted by molar-refractivity contribution is 5.70. The molecule has 0 aromatic heterocycles. The van der Waals surface area contributed by atoms with Gasteiger partial charge >= 0.3 is 11.9 Å². The summed E-state index contributed by atoms with van der Waals surface area (Å²) < 4.78 is 20.4.